The van der Waals surface area contributed by atoms with E-state index in [-0.39, 0.29) is 6.03 Å². The van der Waals surface area contributed by atoms with Crippen LogP contribution in [0.1, 0.15) is 26.2 Å². The Labute approximate surface area is 90.2 Å². The van der Waals surface area contributed by atoms with E-state index in [2.05, 4.69) is 5.01 Å². The van der Waals surface area contributed by atoms with E-state index in [0.717, 1.165) is 13.1 Å². The average Bonchev–Trinajstić information content (AvgIpc) is 2.61. The van der Waals surface area contributed by atoms with Crippen molar-refractivity contribution >= 4 is 6.03 Å². The Bertz CT molecular complexity index is 239. The van der Waals surface area contributed by atoms with Crippen LogP contribution in [0.15, 0.2) is 0 Å². The monoisotopic (exact) mass is 213 g/mol. The first-order chi connectivity index (χ1) is 7.20. The summed E-state index contributed by atoms with van der Waals surface area (Å²) in [5.41, 5.74) is 0. The van der Waals surface area contributed by atoms with Gasteiger partial charge in [-0.3, -0.25) is 9.91 Å². The van der Waals surface area contributed by atoms with Crippen LogP contribution in [0.3, 0.4) is 0 Å². The van der Waals surface area contributed by atoms with Crippen molar-refractivity contribution in [3.63, 3.8) is 0 Å². The highest BCUT2D eigenvalue weighted by Crippen LogP contribution is 2.18. The number of aliphatic hydroxyl groups excluding tert-OH is 1. The maximum atomic E-state index is 11.9. The minimum Gasteiger partial charge on any atom is -0.374 e. The molecule has 0 bridgehead atoms. The Balaban J connectivity index is 1.96. The molecule has 0 aromatic heterocycles. The number of rotatable bonds is 2. The zero-order chi connectivity index (χ0) is 10.8. The molecule has 2 fully saturated rings. The summed E-state index contributed by atoms with van der Waals surface area (Å²) in [7, 11) is 0. The summed E-state index contributed by atoms with van der Waals surface area (Å²) in [6.45, 7) is 4.92. The molecule has 5 nitrogen and oxygen atoms in total. The zero-order valence-corrected chi connectivity index (χ0v) is 9.22. The van der Waals surface area contributed by atoms with Gasteiger partial charge in [-0.1, -0.05) is 6.42 Å². The molecular formula is C10H19N3O2. The van der Waals surface area contributed by atoms with Gasteiger partial charge in [0.25, 0.3) is 0 Å². The van der Waals surface area contributed by atoms with E-state index in [0.29, 0.717) is 13.1 Å². The molecule has 0 aromatic rings. The predicted molar refractivity (Wildman–Crippen MR) is 55.9 cm³/mol. The van der Waals surface area contributed by atoms with Gasteiger partial charge < -0.3 is 5.11 Å². The lowest BCUT2D eigenvalue weighted by atomic mass is 10.2. The van der Waals surface area contributed by atoms with Gasteiger partial charge in [-0.25, -0.2) is 9.80 Å². The Hall–Kier alpha value is -0.810. The van der Waals surface area contributed by atoms with Gasteiger partial charge in [0.1, 0.15) is 6.23 Å². The van der Waals surface area contributed by atoms with Gasteiger partial charge in [0, 0.05) is 19.6 Å². The summed E-state index contributed by atoms with van der Waals surface area (Å²) in [5.74, 6) is 0. The molecule has 0 spiro atoms. The molecule has 2 saturated heterocycles. The van der Waals surface area contributed by atoms with Crippen molar-refractivity contribution in [2.75, 3.05) is 26.2 Å². The maximum Gasteiger partial charge on any atom is 0.336 e. The molecule has 1 atom stereocenters. The highest BCUT2D eigenvalue weighted by atomic mass is 16.3. The summed E-state index contributed by atoms with van der Waals surface area (Å²) < 4.78 is 0. The van der Waals surface area contributed by atoms with Crippen LogP contribution < -0.4 is 0 Å². The fraction of sp³-hybridized carbons (Fsp3) is 0.900. The largest absolute Gasteiger partial charge is 0.374 e. The molecule has 0 saturated carbocycles. The fourth-order valence-corrected chi connectivity index (χ4v) is 2.27. The van der Waals surface area contributed by atoms with E-state index in [1.165, 1.54) is 24.2 Å². The van der Waals surface area contributed by atoms with Gasteiger partial charge >= 0.3 is 6.03 Å². The summed E-state index contributed by atoms with van der Waals surface area (Å²) in [6, 6.07) is -0.0492. The second-order valence-corrected chi connectivity index (χ2v) is 4.25. The number of carbonyl (C=O) groups excluding carboxylic acids is 1. The molecule has 5 heteroatoms. The minimum atomic E-state index is -0.674. The van der Waals surface area contributed by atoms with E-state index < -0.39 is 6.23 Å². The lowest BCUT2D eigenvalue weighted by Gasteiger charge is -2.34. The molecule has 0 aliphatic carbocycles. The molecule has 2 aliphatic heterocycles. The molecule has 1 unspecified atom stereocenters. The summed E-state index contributed by atoms with van der Waals surface area (Å²) >= 11 is 0. The molecule has 86 valence electrons. The minimum absolute atomic E-state index is 0.0492. The van der Waals surface area contributed by atoms with E-state index in [9.17, 15) is 9.90 Å². The molecule has 2 amide bonds. The van der Waals surface area contributed by atoms with Crippen LogP contribution in [0, 0.1) is 0 Å². The summed E-state index contributed by atoms with van der Waals surface area (Å²) in [5, 5.41) is 13.3. The number of urea groups is 1. The number of amides is 2. The molecule has 1 N–H and O–H groups in total. The third kappa shape index (κ3) is 2.08. The third-order valence-electron chi connectivity index (χ3n) is 3.14. The van der Waals surface area contributed by atoms with Gasteiger partial charge in [-0.05, 0) is 19.8 Å². The SMILES string of the molecule is CC(O)N1CCN(N2CCCCC2)C1=O. The second kappa shape index (κ2) is 4.37. The number of hydrogen-bond donors (Lipinski definition) is 1. The fourth-order valence-electron chi connectivity index (χ4n) is 2.27. The lowest BCUT2D eigenvalue weighted by molar-refractivity contribution is 0.00285. The van der Waals surface area contributed by atoms with Crippen LogP contribution >= 0.6 is 0 Å². The van der Waals surface area contributed by atoms with Crippen LogP contribution in [0.2, 0.25) is 0 Å². The van der Waals surface area contributed by atoms with E-state index >= 15 is 0 Å². The average molecular weight is 213 g/mol. The quantitative estimate of drug-likeness (QED) is 0.725. The highest BCUT2D eigenvalue weighted by Gasteiger charge is 2.34. The van der Waals surface area contributed by atoms with Crippen LogP contribution in [0.4, 0.5) is 4.79 Å². The second-order valence-electron chi connectivity index (χ2n) is 4.25. The number of hydrogen-bond acceptors (Lipinski definition) is 3. The van der Waals surface area contributed by atoms with Crippen molar-refractivity contribution in [2.45, 2.75) is 32.4 Å². The maximum absolute atomic E-state index is 11.9. The van der Waals surface area contributed by atoms with Crippen molar-refractivity contribution in [1.82, 2.24) is 14.9 Å². The van der Waals surface area contributed by atoms with Gasteiger partial charge in [0.05, 0.1) is 6.54 Å². The van der Waals surface area contributed by atoms with Crippen LogP contribution in [-0.4, -0.2) is 58.5 Å². The van der Waals surface area contributed by atoms with E-state index in [1.807, 2.05) is 0 Å². The topological polar surface area (TPSA) is 47.0 Å². The van der Waals surface area contributed by atoms with Crippen molar-refractivity contribution in [2.24, 2.45) is 0 Å². The van der Waals surface area contributed by atoms with Crippen LogP contribution in [-0.2, 0) is 0 Å². The molecule has 15 heavy (non-hydrogen) atoms. The van der Waals surface area contributed by atoms with Gasteiger partial charge in [0.2, 0.25) is 0 Å². The number of nitrogens with zero attached hydrogens (tertiary/aromatic N) is 3. The summed E-state index contributed by atoms with van der Waals surface area (Å²) in [6.07, 6.45) is 2.92. The molecule has 0 radical (unpaired) electrons. The van der Waals surface area contributed by atoms with Crippen LogP contribution in [0.25, 0.3) is 0 Å². The van der Waals surface area contributed by atoms with Crippen molar-refractivity contribution in [3.8, 4) is 0 Å². The zero-order valence-electron chi connectivity index (χ0n) is 9.22. The number of aliphatic hydroxyl groups is 1. The number of piperidine rings is 1. The number of hydrazine groups is 1. The standard InChI is InChI=1S/C10H19N3O2/c1-9(14)12-7-8-13(10(12)15)11-5-3-2-4-6-11/h9,14H,2-8H2,1H3. The third-order valence-corrected chi connectivity index (χ3v) is 3.14. The molecule has 0 aromatic carbocycles. The van der Waals surface area contributed by atoms with Crippen molar-refractivity contribution in [1.29, 1.82) is 0 Å². The molecule has 2 rings (SSSR count). The Kier molecular flexibility index (Phi) is 3.11. The van der Waals surface area contributed by atoms with Crippen molar-refractivity contribution in [3.05, 3.63) is 0 Å². The molecule has 2 heterocycles. The van der Waals surface area contributed by atoms with Gasteiger partial charge in [-0.2, -0.15) is 0 Å². The van der Waals surface area contributed by atoms with Gasteiger partial charge in [0.15, 0.2) is 0 Å². The Morgan fingerprint density at radius 2 is 1.80 bits per heavy atom. The van der Waals surface area contributed by atoms with Gasteiger partial charge in [-0.15, -0.1) is 0 Å². The van der Waals surface area contributed by atoms with E-state index in [1.54, 1.807) is 11.9 Å². The molecule has 2 aliphatic rings. The Morgan fingerprint density at radius 1 is 1.13 bits per heavy atom. The highest BCUT2D eigenvalue weighted by molar-refractivity contribution is 5.76. The predicted octanol–water partition coefficient (Wildman–Crippen LogP) is 0.463. The smallest absolute Gasteiger partial charge is 0.336 e. The Morgan fingerprint density at radius 3 is 2.33 bits per heavy atom. The lowest BCUT2D eigenvalue weighted by Crippen LogP contribution is -2.48. The first-order valence-electron chi connectivity index (χ1n) is 5.71. The normalized spacial score (nSPS) is 26.1. The van der Waals surface area contributed by atoms with Crippen molar-refractivity contribution < 1.29 is 9.90 Å². The summed E-state index contributed by atoms with van der Waals surface area (Å²) in [4.78, 5) is 13.4. The first kappa shape index (κ1) is 10.7. The molecular weight excluding hydrogens is 194 g/mol. The number of carbonyl (C=O) groups is 1. The van der Waals surface area contributed by atoms with E-state index in [4.69, 9.17) is 0 Å². The van der Waals surface area contributed by atoms with Crippen LogP contribution in [0.5, 0.6) is 0 Å². The first-order valence-corrected chi connectivity index (χ1v) is 5.71.